The van der Waals surface area contributed by atoms with Gasteiger partial charge in [-0.1, -0.05) is 12.1 Å². The van der Waals surface area contributed by atoms with Crippen molar-refractivity contribution in [2.75, 3.05) is 12.4 Å². The molecule has 3 rings (SSSR count). The highest BCUT2D eigenvalue weighted by molar-refractivity contribution is 6.10. The molecule has 1 heterocycles. The van der Waals surface area contributed by atoms with Gasteiger partial charge in [-0.25, -0.2) is 0 Å². The van der Waals surface area contributed by atoms with Gasteiger partial charge in [-0.2, -0.15) is 5.26 Å². The Bertz CT molecular complexity index is 1230. The average molecular weight is 414 g/mol. The molecule has 2 aromatic carbocycles. The van der Waals surface area contributed by atoms with E-state index in [-0.39, 0.29) is 5.57 Å². The van der Waals surface area contributed by atoms with Crippen LogP contribution >= 0.6 is 0 Å². The van der Waals surface area contributed by atoms with Crippen LogP contribution in [0.1, 0.15) is 33.6 Å². The summed E-state index contributed by atoms with van der Waals surface area (Å²) >= 11 is 0. The summed E-state index contributed by atoms with van der Waals surface area (Å²) in [5.41, 5.74) is 7.89. The fourth-order valence-electron chi connectivity index (χ4n) is 3.61. The summed E-state index contributed by atoms with van der Waals surface area (Å²) in [6.07, 6.45) is 1.64. The number of anilines is 1. The van der Waals surface area contributed by atoms with E-state index in [1.165, 1.54) is 11.1 Å². The predicted octanol–water partition coefficient (Wildman–Crippen LogP) is 5.57. The second-order valence-corrected chi connectivity index (χ2v) is 7.76. The van der Waals surface area contributed by atoms with Crippen molar-refractivity contribution in [1.29, 1.82) is 5.26 Å². The Balaban J connectivity index is 1.96. The molecule has 0 fully saturated rings. The van der Waals surface area contributed by atoms with Gasteiger partial charge in [0.05, 0.1) is 12.8 Å². The number of nitrogens with one attached hydrogen (secondary N) is 1. The van der Waals surface area contributed by atoms with E-state index in [4.69, 9.17) is 4.74 Å². The van der Waals surface area contributed by atoms with Crippen LogP contribution in [0.15, 0.2) is 48.0 Å². The minimum absolute atomic E-state index is 0.0314. The fraction of sp³-hybridized carbons (Fsp3) is 0.231. The molecule has 0 saturated heterocycles. The van der Waals surface area contributed by atoms with Crippen LogP contribution in [0.2, 0.25) is 0 Å². The molecule has 0 saturated carbocycles. The van der Waals surface area contributed by atoms with Crippen LogP contribution in [-0.2, 0) is 4.79 Å². The van der Waals surface area contributed by atoms with Crippen molar-refractivity contribution in [1.82, 2.24) is 4.57 Å². The number of benzene rings is 2. The lowest BCUT2D eigenvalue weighted by Gasteiger charge is -2.12. The van der Waals surface area contributed by atoms with E-state index in [1.807, 2.05) is 45.0 Å². The topological polar surface area (TPSA) is 67.0 Å². The maximum Gasteiger partial charge on any atom is 0.266 e. The summed E-state index contributed by atoms with van der Waals surface area (Å²) in [4.78, 5) is 12.8. The number of hydrogen-bond acceptors (Lipinski definition) is 3. The Hall–Kier alpha value is -3.78. The molecule has 0 aliphatic heterocycles. The van der Waals surface area contributed by atoms with Crippen LogP contribution in [0.3, 0.4) is 0 Å². The Morgan fingerprint density at radius 3 is 2.42 bits per heavy atom. The van der Waals surface area contributed by atoms with E-state index in [0.717, 1.165) is 28.2 Å². The van der Waals surface area contributed by atoms with Gasteiger partial charge in [0, 0.05) is 17.1 Å². The molecule has 3 aromatic rings. The summed E-state index contributed by atoms with van der Waals surface area (Å²) in [5, 5.41) is 12.4. The molecule has 1 amide bonds. The largest absolute Gasteiger partial charge is 0.495 e. The number of carbonyl (C=O) groups is 1. The van der Waals surface area contributed by atoms with E-state index in [2.05, 4.69) is 41.9 Å². The molecule has 1 N–H and O–H groups in total. The van der Waals surface area contributed by atoms with E-state index < -0.39 is 5.91 Å². The van der Waals surface area contributed by atoms with Crippen LogP contribution in [-0.4, -0.2) is 17.6 Å². The number of nitriles is 1. The van der Waals surface area contributed by atoms with Gasteiger partial charge in [0.25, 0.3) is 5.91 Å². The third-order valence-electron chi connectivity index (χ3n) is 5.49. The standard InChI is InChI=1S/C26H27N3O2/c1-16-7-10-25(31-6)24(11-16)28-26(30)22(15-27)14-21-13-19(4)29(20(21)5)23-9-8-17(2)18(3)12-23/h7-14H,1-6H3,(H,28,30)/b22-14+. The highest BCUT2D eigenvalue weighted by Gasteiger charge is 2.16. The second kappa shape index (κ2) is 8.93. The first-order valence-corrected chi connectivity index (χ1v) is 10.1. The highest BCUT2D eigenvalue weighted by Crippen LogP contribution is 2.27. The van der Waals surface area contributed by atoms with E-state index in [9.17, 15) is 10.1 Å². The van der Waals surface area contributed by atoms with Crippen LogP contribution in [0.25, 0.3) is 11.8 Å². The third kappa shape index (κ3) is 4.54. The maximum absolute atomic E-state index is 12.8. The summed E-state index contributed by atoms with van der Waals surface area (Å²) in [7, 11) is 1.54. The smallest absolute Gasteiger partial charge is 0.266 e. The second-order valence-electron chi connectivity index (χ2n) is 7.76. The maximum atomic E-state index is 12.8. The predicted molar refractivity (Wildman–Crippen MR) is 125 cm³/mol. The van der Waals surface area contributed by atoms with E-state index in [1.54, 1.807) is 19.3 Å². The van der Waals surface area contributed by atoms with E-state index in [0.29, 0.717) is 11.4 Å². The van der Waals surface area contributed by atoms with Gasteiger partial charge in [-0.3, -0.25) is 4.79 Å². The van der Waals surface area contributed by atoms with Gasteiger partial charge >= 0.3 is 0 Å². The number of amides is 1. The Morgan fingerprint density at radius 1 is 1.03 bits per heavy atom. The third-order valence-corrected chi connectivity index (χ3v) is 5.49. The molecular weight excluding hydrogens is 386 g/mol. The van der Waals surface area contributed by atoms with Crippen molar-refractivity contribution in [2.24, 2.45) is 0 Å². The molecule has 0 spiro atoms. The SMILES string of the molecule is COc1ccc(C)cc1NC(=O)/C(C#N)=C/c1cc(C)n(-c2ccc(C)c(C)c2)c1C. The van der Waals surface area contributed by atoms with Gasteiger partial charge in [-0.05, 0) is 93.3 Å². The number of ether oxygens (including phenoxy) is 1. The average Bonchev–Trinajstić information content (AvgIpc) is 3.01. The monoisotopic (exact) mass is 413 g/mol. The minimum Gasteiger partial charge on any atom is -0.495 e. The quantitative estimate of drug-likeness (QED) is 0.439. The Labute approximate surface area is 183 Å². The fourth-order valence-corrected chi connectivity index (χ4v) is 3.61. The number of methoxy groups -OCH3 is 1. The lowest BCUT2D eigenvalue weighted by atomic mass is 10.1. The molecular formula is C26H27N3O2. The van der Waals surface area contributed by atoms with Crippen LogP contribution < -0.4 is 10.1 Å². The minimum atomic E-state index is -0.470. The van der Waals surface area contributed by atoms with Crippen molar-refractivity contribution in [3.63, 3.8) is 0 Å². The zero-order valence-electron chi connectivity index (χ0n) is 18.8. The van der Waals surface area contributed by atoms with Crippen LogP contribution in [0, 0.1) is 45.9 Å². The molecule has 31 heavy (non-hydrogen) atoms. The van der Waals surface area contributed by atoms with Crippen LogP contribution in [0.5, 0.6) is 5.75 Å². The van der Waals surface area contributed by atoms with Gasteiger partial charge in [-0.15, -0.1) is 0 Å². The summed E-state index contributed by atoms with van der Waals surface area (Å²) < 4.78 is 7.45. The van der Waals surface area contributed by atoms with Crippen molar-refractivity contribution in [3.05, 3.63) is 81.7 Å². The summed E-state index contributed by atoms with van der Waals surface area (Å²) in [6, 6.07) is 15.9. The highest BCUT2D eigenvalue weighted by atomic mass is 16.5. The normalized spacial score (nSPS) is 11.2. The Kier molecular flexibility index (Phi) is 6.31. The molecule has 0 radical (unpaired) electrons. The lowest BCUT2D eigenvalue weighted by Crippen LogP contribution is -2.14. The molecule has 0 atom stereocenters. The summed E-state index contributed by atoms with van der Waals surface area (Å²) in [5.74, 6) is 0.0755. The first kappa shape index (κ1) is 21.9. The van der Waals surface area contributed by atoms with Crippen molar-refractivity contribution in [3.8, 4) is 17.5 Å². The zero-order valence-corrected chi connectivity index (χ0v) is 18.8. The molecule has 5 heteroatoms. The molecule has 5 nitrogen and oxygen atoms in total. The van der Waals surface area contributed by atoms with Gasteiger partial charge in [0.1, 0.15) is 17.4 Å². The molecule has 0 aliphatic carbocycles. The van der Waals surface area contributed by atoms with E-state index >= 15 is 0 Å². The van der Waals surface area contributed by atoms with Gasteiger partial charge < -0.3 is 14.6 Å². The summed E-state index contributed by atoms with van der Waals surface area (Å²) in [6.45, 7) is 10.1. The first-order chi connectivity index (χ1) is 14.7. The van der Waals surface area contributed by atoms with Gasteiger partial charge in [0.15, 0.2) is 0 Å². The number of hydrogen-bond donors (Lipinski definition) is 1. The van der Waals surface area contributed by atoms with Crippen molar-refractivity contribution >= 4 is 17.7 Å². The van der Waals surface area contributed by atoms with Gasteiger partial charge in [0.2, 0.25) is 0 Å². The number of aryl methyl sites for hydroxylation is 4. The number of aromatic nitrogens is 1. The lowest BCUT2D eigenvalue weighted by molar-refractivity contribution is -0.112. The molecule has 1 aromatic heterocycles. The Morgan fingerprint density at radius 2 is 1.77 bits per heavy atom. The number of carbonyl (C=O) groups excluding carboxylic acids is 1. The van der Waals surface area contributed by atoms with Crippen molar-refractivity contribution < 1.29 is 9.53 Å². The van der Waals surface area contributed by atoms with Crippen molar-refractivity contribution in [2.45, 2.75) is 34.6 Å². The first-order valence-electron chi connectivity index (χ1n) is 10.1. The van der Waals surface area contributed by atoms with Crippen LogP contribution in [0.4, 0.5) is 5.69 Å². The number of rotatable bonds is 5. The molecule has 0 unspecified atom stereocenters. The number of nitrogens with zero attached hydrogens (tertiary/aromatic N) is 2. The molecule has 0 aliphatic rings. The molecule has 0 bridgehead atoms. The zero-order chi connectivity index (χ0) is 22.7. The molecule has 158 valence electrons.